The van der Waals surface area contributed by atoms with Crippen LogP contribution in [0.3, 0.4) is 0 Å². The molecule has 2 fully saturated rings. The molecule has 5 nitrogen and oxygen atoms in total. The molecule has 2 aliphatic heterocycles. The maximum absolute atomic E-state index is 12.5. The van der Waals surface area contributed by atoms with Gasteiger partial charge in [-0.1, -0.05) is 30.7 Å². The Bertz CT molecular complexity index is 822. The van der Waals surface area contributed by atoms with Crippen LogP contribution in [0.1, 0.15) is 43.2 Å². The Labute approximate surface area is 173 Å². The zero-order chi connectivity index (χ0) is 20.2. The van der Waals surface area contributed by atoms with Gasteiger partial charge in [0.05, 0.1) is 7.11 Å². The van der Waals surface area contributed by atoms with E-state index in [1.807, 2.05) is 43.3 Å². The van der Waals surface area contributed by atoms with Crippen molar-refractivity contribution in [3.8, 4) is 5.75 Å². The van der Waals surface area contributed by atoms with Crippen molar-refractivity contribution in [2.24, 2.45) is 0 Å². The molecule has 0 radical (unpaired) electrons. The minimum absolute atomic E-state index is 0.0951. The summed E-state index contributed by atoms with van der Waals surface area (Å²) < 4.78 is 5.27. The largest absolute Gasteiger partial charge is 0.497 e. The lowest BCUT2D eigenvalue weighted by molar-refractivity contribution is 0.0200. The quantitative estimate of drug-likeness (QED) is 0.773. The average molecular weight is 394 g/mol. The van der Waals surface area contributed by atoms with Crippen molar-refractivity contribution < 1.29 is 9.53 Å². The third kappa shape index (κ3) is 4.91. The van der Waals surface area contributed by atoms with Gasteiger partial charge in [0.15, 0.2) is 0 Å². The molecule has 2 bridgehead atoms. The maximum atomic E-state index is 12.5. The molecule has 3 atom stereocenters. The van der Waals surface area contributed by atoms with Gasteiger partial charge in [-0.25, -0.2) is 4.79 Å². The zero-order valence-electron chi connectivity index (χ0n) is 17.4. The summed E-state index contributed by atoms with van der Waals surface area (Å²) in [5, 5.41) is 6.20. The van der Waals surface area contributed by atoms with Crippen molar-refractivity contribution in [3.05, 3.63) is 59.7 Å². The lowest BCUT2D eigenvalue weighted by Gasteiger charge is -2.49. The number of urea groups is 1. The van der Waals surface area contributed by atoms with Crippen LogP contribution < -0.4 is 15.4 Å². The molecular weight excluding hydrogens is 362 g/mol. The molecule has 29 heavy (non-hydrogen) atoms. The van der Waals surface area contributed by atoms with Gasteiger partial charge in [0, 0.05) is 30.4 Å². The predicted octanol–water partition coefficient (Wildman–Crippen LogP) is 4.71. The van der Waals surface area contributed by atoms with Gasteiger partial charge >= 0.3 is 6.03 Å². The second kappa shape index (κ2) is 8.87. The van der Waals surface area contributed by atoms with Crippen molar-refractivity contribution in [3.63, 3.8) is 0 Å². The minimum Gasteiger partial charge on any atom is -0.497 e. The van der Waals surface area contributed by atoms with Crippen molar-refractivity contribution in [2.75, 3.05) is 12.4 Å². The lowest BCUT2D eigenvalue weighted by Crippen LogP contribution is -2.56. The third-order valence-electron chi connectivity index (χ3n) is 6.26. The molecule has 2 amide bonds. The van der Waals surface area contributed by atoms with E-state index in [-0.39, 0.29) is 12.1 Å². The van der Waals surface area contributed by atoms with E-state index in [4.69, 9.17) is 4.74 Å². The highest BCUT2D eigenvalue weighted by molar-refractivity contribution is 5.89. The standard InChI is InChI=1S/C24H31N3O2/c1-17-5-3-6-19(13-17)25-24(28)26-20-14-21-7-4-8-22(15-20)27(21)16-18-9-11-23(29-2)12-10-18/h3,5-6,9-13,20-22H,4,7-8,14-16H2,1-2H3,(H2,25,26,28)/t20?,21-,22+. The van der Waals surface area contributed by atoms with Crippen molar-refractivity contribution in [2.45, 2.75) is 63.7 Å². The monoisotopic (exact) mass is 393 g/mol. The first-order valence-corrected chi connectivity index (χ1v) is 10.6. The van der Waals surface area contributed by atoms with Gasteiger partial charge in [-0.15, -0.1) is 0 Å². The number of hydrogen-bond acceptors (Lipinski definition) is 3. The van der Waals surface area contributed by atoms with Crippen LogP contribution in [-0.2, 0) is 6.54 Å². The summed E-state index contributed by atoms with van der Waals surface area (Å²) in [6, 6.07) is 17.5. The fraction of sp³-hybridized carbons (Fsp3) is 0.458. The van der Waals surface area contributed by atoms with Crippen LogP contribution in [0.2, 0.25) is 0 Å². The van der Waals surface area contributed by atoms with Gasteiger partial charge in [0.2, 0.25) is 0 Å². The molecule has 154 valence electrons. The van der Waals surface area contributed by atoms with Gasteiger partial charge in [-0.05, 0) is 68.0 Å². The number of nitrogens with zero attached hydrogens (tertiary/aromatic N) is 1. The maximum Gasteiger partial charge on any atom is 0.319 e. The van der Waals surface area contributed by atoms with Crippen LogP contribution in [-0.4, -0.2) is 36.2 Å². The number of methoxy groups -OCH3 is 1. The van der Waals surface area contributed by atoms with Crippen LogP contribution in [0.4, 0.5) is 10.5 Å². The fourth-order valence-corrected chi connectivity index (χ4v) is 4.87. The summed E-state index contributed by atoms with van der Waals surface area (Å²) in [4.78, 5) is 15.2. The molecule has 4 rings (SSSR count). The van der Waals surface area contributed by atoms with Crippen LogP contribution >= 0.6 is 0 Å². The summed E-state index contributed by atoms with van der Waals surface area (Å²) in [7, 11) is 1.70. The van der Waals surface area contributed by atoms with Crippen molar-refractivity contribution in [1.82, 2.24) is 10.2 Å². The number of piperidine rings is 2. The fourth-order valence-electron chi connectivity index (χ4n) is 4.87. The Hall–Kier alpha value is -2.53. The Morgan fingerprint density at radius 3 is 2.48 bits per heavy atom. The second-order valence-corrected chi connectivity index (χ2v) is 8.40. The number of benzene rings is 2. The average Bonchev–Trinajstić information content (AvgIpc) is 2.69. The number of amides is 2. The molecule has 0 aliphatic carbocycles. The normalized spacial score (nSPS) is 24.0. The Kier molecular flexibility index (Phi) is 6.05. The van der Waals surface area contributed by atoms with Gasteiger partial charge in [0.1, 0.15) is 5.75 Å². The van der Waals surface area contributed by atoms with Crippen LogP contribution in [0.25, 0.3) is 0 Å². The van der Waals surface area contributed by atoms with E-state index in [0.29, 0.717) is 12.1 Å². The van der Waals surface area contributed by atoms with Gasteiger partial charge in [0.25, 0.3) is 0 Å². The number of hydrogen-bond donors (Lipinski definition) is 2. The molecule has 0 aromatic heterocycles. The molecule has 2 aliphatic rings. The number of ether oxygens (including phenoxy) is 1. The van der Waals surface area contributed by atoms with Crippen LogP contribution in [0.15, 0.2) is 48.5 Å². The minimum atomic E-state index is -0.0951. The molecule has 0 saturated carbocycles. The van der Waals surface area contributed by atoms with E-state index in [9.17, 15) is 4.79 Å². The number of carbonyl (C=O) groups excluding carboxylic acids is 1. The number of fused-ring (bicyclic) bond motifs is 2. The van der Waals surface area contributed by atoms with E-state index in [0.717, 1.165) is 36.4 Å². The third-order valence-corrected chi connectivity index (χ3v) is 6.26. The molecular formula is C24H31N3O2. The number of nitrogens with one attached hydrogen (secondary N) is 2. The molecule has 2 saturated heterocycles. The predicted molar refractivity (Wildman–Crippen MR) is 116 cm³/mol. The number of anilines is 1. The lowest BCUT2D eigenvalue weighted by atomic mass is 9.81. The second-order valence-electron chi connectivity index (χ2n) is 8.40. The van der Waals surface area contributed by atoms with Crippen molar-refractivity contribution in [1.29, 1.82) is 0 Å². The van der Waals surface area contributed by atoms with Crippen LogP contribution in [0.5, 0.6) is 5.75 Å². The Balaban J connectivity index is 1.35. The molecule has 5 heteroatoms. The highest BCUT2D eigenvalue weighted by Crippen LogP contribution is 2.35. The van der Waals surface area contributed by atoms with E-state index in [2.05, 4.69) is 27.7 Å². The van der Waals surface area contributed by atoms with Gasteiger partial charge in [-0.3, -0.25) is 4.90 Å². The summed E-state index contributed by atoms with van der Waals surface area (Å²) in [5.74, 6) is 0.900. The molecule has 1 unspecified atom stereocenters. The first-order valence-electron chi connectivity index (χ1n) is 10.6. The summed E-state index contributed by atoms with van der Waals surface area (Å²) >= 11 is 0. The Morgan fingerprint density at radius 2 is 1.83 bits per heavy atom. The zero-order valence-corrected chi connectivity index (χ0v) is 17.4. The topological polar surface area (TPSA) is 53.6 Å². The van der Waals surface area contributed by atoms with Gasteiger partial charge < -0.3 is 15.4 Å². The summed E-state index contributed by atoms with van der Waals surface area (Å²) in [5.41, 5.74) is 3.31. The number of aryl methyl sites for hydroxylation is 1. The highest BCUT2D eigenvalue weighted by Gasteiger charge is 2.38. The Morgan fingerprint density at radius 1 is 1.10 bits per heavy atom. The molecule has 2 aromatic rings. The van der Waals surface area contributed by atoms with Gasteiger partial charge in [-0.2, -0.15) is 0 Å². The highest BCUT2D eigenvalue weighted by atomic mass is 16.5. The van der Waals surface area contributed by atoms with E-state index < -0.39 is 0 Å². The first-order chi connectivity index (χ1) is 14.1. The smallest absolute Gasteiger partial charge is 0.319 e. The van der Waals surface area contributed by atoms with Crippen LogP contribution in [0, 0.1) is 6.92 Å². The number of rotatable bonds is 5. The van der Waals surface area contributed by atoms with E-state index >= 15 is 0 Å². The molecule has 0 spiro atoms. The first kappa shape index (κ1) is 19.8. The number of carbonyl (C=O) groups is 1. The molecule has 2 heterocycles. The van der Waals surface area contributed by atoms with E-state index in [1.165, 1.54) is 24.8 Å². The molecule has 2 aromatic carbocycles. The van der Waals surface area contributed by atoms with E-state index in [1.54, 1.807) is 7.11 Å². The SMILES string of the molecule is COc1ccc(CN2[C@@H]3CCC[C@H]2CC(NC(=O)Nc2cccc(C)c2)C3)cc1. The van der Waals surface area contributed by atoms with Crippen molar-refractivity contribution >= 4 is 11.7 Å². The summed E-state index contributed by atoms with van der Waals surface area (Å²) in [6.45, 7) is 3.00. The molecule has 2 N–H and O–H groups in total. The summed E-state index contributed by atoms with van der Waals surface area (Å²) in [6.07, 6.45) is 5.76.